The van der Waals surface area contributed by atoms with E-state index in [1.807, 2.05) is 0 Å². The first-order chi connectivity index (χ1) is 9.29. The van der Waals surface area contributed by atoms with Crippen LogP contribution in [0.3, 0.4) is 0 Å². The van der Waals surface area contributed by atoms with E-state index in [4.69, 9.17) is 4.74 Å². The quantitative estimate of drug-likeness (QED) is 0.801. The van der Waals surface area contributed by atoms with Crippen LogP contribution in [0.5, 0.6) is 0 Å². The summed E-state index contributed by atoms with van der Waals surface area (Å²) >= 11 is 0. The van der Waals surface area contributed by atoms with Crippen molar-refractivity contribution in [2.45, 2.75) is 57.5 Å². The van der Waals surface area contributed by atoms with E-state index < -0.39 is 0 Å². The molecule has 3 atom stereocenters. The summed E-state index contributed by atoms with van der Waals surface area (Å²) in [6.07, 6.45) is 8.59. The molecule has 0 radical (unpaired) electrons. The maximum absolute atomic E-state index is 11.9. The molecule has 1 heterocycles. The largest absolute Gasteiger partial charge is 0.396 e. The predicted molar refractivity (Wildman–Crippen MR) is 73.8 cm³/mol. The van der Waals surface area contributed by atoms with Crippen molar-refractivity contribution in [2.75, 3.05) is 19.8 Å². The zero-order valence-corrected chi connectivity index (χ0v) is 11.8. The summed E-state index contributed by atoms with van der Waals surface area (Å²) in [5.74, 6) is 0.934. The number of rotatable bonds is 5. The van der Waals surface area contributed by atoms with Gasteiger partial charge in [-0.2, -0.15) is 0 Å². The molecule has 0 aromatic rings. The summed E-state index contributed by atoms with van der Waals surface area (Å²) in [7, 11) is 0. The molecule has 1 aliphatic heterocycles. The van der Waals surface area contributed by atoms with Gasteiger partial charge in [0.15, 0.2) is 0 Å². The van der Waals surface area contributed by atoms with Gasteiger partial charge in [0, 0.05) is 19.8 Å². The summed E-state index contributed by atoms with van der Waals surface area (Å²) < 4.78 is 5.58. The third-order valence-corrected chi connectivity index (χ3v) is 4.55. The van der Waals surface area contributed by atoms with Crippen molar-refractivity contribution in [2.24, 2.45) is 11.8 Å². The minimum atomic E-state index is 0.106. The molecule has 2 rings (SSSR count). The fourth-order valence-corrected chi connectivity index (χ4v) is 3.29. The van der Waals surface area contributed by atoms with E-state index in [0.717, 1.165) is 38.8 Å². The number of carbonyl (C=O) groups is 1. The molecule has 0 bridgehead atoms. The highest BCUT2D eigenvalue weighted by Gasteiger charge is 2.25. The fourth-order valence-electron chi connectivity index (χ4n) is 3.29. The Bertz CT molecular complexity index is 277. The molecule has 2 aliphatic rings. The van der Waals surface area contributed by atoms with Crippen LogP contribution < -0.4 is 5.32 Å². The molecule has 1 amide bonds. The van der Waals surface area contributed by atoms with Crippen molar-refractivity contribution in [1.82, 2.24) is 5.32 Å². The van der Waals surface area contributed by atoms with Crippen molar-refractivity contribution in [3.8, 4) is 0 Å². The predicted octanol–water partition coefficient (Wildman–Crippen LogP) is 1.86. The average molecular weight is 269 g/mol. The lowest BCUT2D eigenvalue weighted by Gasteiger charge is -2.30. The highest BCUT2D eigenvalue weighted by Crippen LogP contribution is 2.29. The van der Waals surface area contributed by atoms with Crippen LogP contribution in [0, 0.1) is 11.8 Å². The van der Waals surface area contributed by atoms with E-state index in [-0.39, 0.29) is 18.6 Å². The van der Waals surface area contributed by atoms with Gasteiger partial charge in [0.25, 0.3) is 0 Å². The highest BCUT2D eigenvalue weighted by molar-refractivity contribution is 5.76. The molecule has 1 aliphatic carbocycles. The monoisotopic (exact) mass is 269 g/mol. The molecule has 2 N–H and O–H groups in total. The molecule has 4 heteroatoms. The molecule has 0 aromatic heterocycles. The molecule has 19 heavy (non-hydrogen) atoms. The lowest BCUT2D eigenvalue weighted by molar-refractivity contribution is -0.125. The Morgan fingerprint density at radius 2 is 1.84 bits per heavy atom. The Balaban J connectivity index is 1.67. The topological polar surface area (TPSA) is 58.6 Å². The van der Waals surface area contributed by atoms with Crippen LogP contribution >= 0.6 is 0 Å². The maximum atomic E-state index is 11.9. The van der Waals surface area contributed by atoms with Gasteiger partial charge in [0.2, 0.25) is 5.91 Å². The third kappa shape index (κ3) is 4.77. The number of amides is 1. The normalized spacial score (nSPS) is 31.9. The summed E-state index contributed by atoms with van der Waals surface area (Å²) in [6, 6.07) is 0. The summed E-state index contributed by atoms with van der Waals surface area (Å²) in [6.45, 7) is 1.77. The first-order valence-electron chi connectivity index (χ1n) is 7.78. The Morgan fingerprint density at radius 3 is 2.53 bits per heavy atom. The Morgan fingerprint density at radius 1 is 1.11 bits per heavy atom. The molecule has 4 nitrogen and oxygen atoms in total. The van der Waals surface area contributed by atoms with E-state index >= 15 is 0 Å². The van der Waals surface area contributed by atoms with Gasteiger partial charge in [0.05, 0.1) is 12.5 Å². The zero-order valence-electron chi connectivity index (χ0n) is 11.8. The molecule has 0 spiro atoms. The van der Waals surface area contributed by atoms with Gasteiger partial charge in [-0.1, -0.05) is 12.8 Å². The van der Waals surface area contributed by atoms with Gasteiger partial charge in [-0.15, -0.1) is 0 Å². The molecule has 1 saturated heterocycles. The molecule has 1 saturated carbocycles. The molecular weight excluding hydrogens is 242 g/mol. The first-order valence-corrected chi connectivity index (χ1v) is 7.78. The van der Waals surface area contributed by atoms with E-state index in [1.165, 1.54) is 19.3 Å². The summed E-state index contributed by atoms with van der Waals surface area (Å²) in [5.41, 5.74) is 0. The van der Waals surface area contributed by atoms with Crippen molar-refractivity contribution >= 4 is 5.91 Å². The molecule has 3 unspecified atom stereocenters. The summed E-state index contributed by atoms with van der Waals surface area (Å²) in [4.78, 5) is 11.9. The van der Waals surface area contributed by atoms with E-state index in [9.17, 15) is 9.90 Å². The van der Waals surface area contributed by atoms with Crippen LogP contribution in [0.4, 0.5) is 0 Å². The molecule has 2 fully saturated rings. The van der Waals surface area contributed by atoms with Crippen LogP contribution in [0.15, 0.2) is 0 Å². The van der Waals surface area contributed by atoms with Gasteiger partial charge < -0.3 is 15.2 Å². The molecule has 110 valence electrons. The number of aliphatic hydroxyl groups is 1. The van der Waals surface area contributed by atoms with Gasteiger partial charge in [-0.05, 0) is 43.9 Å². The van der Waals surface area contributed by atoms with E-state index in [0.29, 0.717) is 18.3 Å². The van der Waals surface area contributed by atoms with Crippen LogP contribution in [0.2, 0.25) is 0 Å². The Hall–Kier alpha value is -0.610. The number of carbonyl (C=O) groups excluding carboxylic acids is 1. The minimum absolute atomic E-state index is 0.106. The second-order valence-corrected chi connectivity index (χ2v) is 5.98. The van der Waals surface area contributed by atoms with Gasteiger partial charge in [0.1, 0.15) is 0 Å². The Labute approximate surface area is 115 Å². The second kappa shape index (κ2) is 7.85. The van der Waals surface area contributed by atoms with Crippen molar-refractivity contribution in [3.05, 3.63) is 0 Å². The van der Waals surface area contributed by atoms with Crippen molar-refractivity contribution < 1.29 is 14.6 Å². The first kappa shape index (κ1) is 14.8. The van der Waals surface area contributed by atoms with Gasteiger partial charge in [-0.3, -0.25) is 4.79 Å². The maximum Gasteiger partial charge on any atom is 0.222 e. The number of aliphatic hydroxyl groups excluding tert-OH is 1. The lowest BCUT2D eigenvalue weighted by Crippen LogP contribution is -2.37. The van der Waals surface area contributed by atoms with Gasteiger partial charge in [-0.25, -0.2) is 0 Å². The number of hydrogen-bond donors (Lipinski definition) is 2. The molecule has 0 aromatic carbocycles. The molecular formula is C15H27NO3. The van der Waals surface area contributed by atoms with E-state index in [2.05, 4.69) is 5.32 Å². The minimum Gasteiger partial charge on any atom is -0.396 e. The average Bonchev–Trinajstić information content (AvgIpc) is 2.46. The Kier molecular flexibility index (Phi) is 6.11. The third-order valence-electron chi connectivity index (χ3n) is 4.55. The van der Waals surface area contributed by atoms with Crippen molar-refractivity contribution in [1.29, 1.82) is 0 Å². The zero-order chi connectivity index (χ0) is 13.5. The highest BCUT2D eigenvalue weighted by atomic mass is 16.5. The smallest absolute Gasteiger partial charge is 0.222 e. The lowest BCUT2D eigenvalue weighted by atomic mass is 9.79. The van der Waals surface area contributed by atoms with Crippen molar-refractivity contribution in [3.63, 3.8) is 0 Å². The van der Waals surface area contributed by atoms with E-state index in [1.54, 1.807) is 0 Å². The van der Waals surface area contributed by atoms with Crippen LogP contribution in [0.25, 0.3) is 0 Å². The number of ether oxygens (including phenoxy) is 1. The summed E-state index contributed by atoms with van der Waals surface area (Å²) in [5, 5.41) is 12.4. The number of nitrogens with one attached hydrogen (secondary N) is 1. The second-order valence-electron chi connectivity index (χ2n) is 5.98. The fraction of sp³-hybridized carbons (Fsp3) is 0.933. The number of hydrogen-bond acceptors (Lipinski definition) is 3. The van der Waals surface area contributed by atoms with Crippen LogP contribution in [-0.2, 0) is 9.53 Å². The van der Waals surface area contributed by atoms with Crippen LogP contribution in [-0.4, -0.2) is 36.9 Å². The SMILES string of the molecule is O=C(CC1CCCCO1)NCC1CCCCC1CO. The standard InChI is InChI=1S/C15H27NO3/c17-11-13-6-2-1-5-12(13)10-16-15(18)9-14-7-3-4-8-19-14/h12-14,17H,1-11H2,(H,16,18). The van der Waals surface area contributed by atoms with Crippen LogP contribution in [0.1, 0.15) is 51.4 Å². The van der Waals surface area contributed by atoms with Gasteiger partial charge >= 0.3 is 0 Å².